The van der Waals surface area contributed by atoms with E-state index in [0.717, 1.165) is 11.4 Å². The Bertz CT molecular complexity index is 652. The highest BCUT2D eigenvalue weighted by Crippen LogP contribution is 2.15. The van der Waals surface area contributed by atoms with Crippen LogP contribution in [-0.2, 0) is 13.0 Å². The maximum absolute atomic E-state index is 12.5. The summed E-state index contributed by atoms with van der Waals surface area (Å²) in [4.78, 5) is 16.7. The van der Waals surface area contributed by atoms with E-state index in [2.05, 4.69) is 29.2 Å². The smallest absolute Gasteiger partial charge is 0.269 e. The Morgan fingerprint density at radius 2 is 2.17 bits per heavy atom. The molecule has 2 aromatic rings. The lowest BCUT2D eigenvalue weighted by Gasteiger charge is -2.15. The minimum absolute atomic E-state index is 0.00113. The van der Waals surface area contributed by atoms with Gasteiger partial charge in [0, 0.05) is 37.5 Å². The van der Waals surface area contributed by atoms with Crippen molar-refractivity contribution in [3.8, 4) is 0 Å². The molecule has 0 spiro atoms. The second-order valence-electron chi connectivity index (χ2n) is 6.21. The molecule has 0 radical (unpaired) electrons. The predicted molar refractivity (Wildman–Crippen MR) is 92.8 cm³/mol. The lowest BCUT2D eigenvalue weighted by molar-refractivity contribution is 0.0929. The highest BCUT2D eigenvalue weighted by atomic mass is 16.3. The summed E-state index contributed by atoms with van der Waals surface area (Å²) in [6, 6.07) is 7.54. The summed E-state index contributed by atoms with van der Waals surface area (Å²) >= 11 is 0. The van der Waals surface area contributed by atoms with Crippen molar-refractivity contribution in [1.29, 1.82) is 0 Å². The quantitative estimate of drug-likeness (QED) is 0.776. The molecule has 0 fully saturated rings. The molecule has 0 saturated heterocycles. The van der Waals surface area contributed by atoms with Gasteiger partial charge in [-0.3, -0.25) is 14.5 Å². The highest BCUT2D eigenvalue weighted by molar-refractivity contribution is 5.92. The van der Waals surface area contributed by atoms with Crippen LogP contribution in [0.3, 0.4) is 0 Å². The fourth-order valence-electron chi connectivity index (χ4n) is 2.49. The van der Waals surface area contributed by atoms with E-state index in [1.807, 2.05) is 31.2 Å². The Morgan fingerprint density at radius 1 is 1.38 bits per heavy atom. The van der Waals surface area contributed by atoms with E-state index in [9.17, 15) is 9.90 Å². The van der Waals surface area contributed by atoms with E-state index in [1.165, 1.54) is 0 Å². The molecule has 0 bridgehead atoms. The Morgan fingerprint density at radius 3 is 2.75 bits per heavy atom. The second kappa shape index (κ2) is 8.59. The number of aromatic nitrogens is 3. The number of aliphatic hydroxyl groups is 1. The van der Waals surface area contributed by atoms with Crippen molar-refractivity contribution in [3.63, 3.8) is 0 Å². The normalized spacial score (nSPS) is 12.4. The molecule has 2 N–H and O–H groups in total. The second-order valence-corrected chi connectivity index (χ2v) is 6.21. The van der Waals surface area contributed by atoms with Crippen LogP contribution in [0, 0.1) is 5.92 Å². The van der Waals surface area contributed by atoms with Crippen LogP contribution < -0.4 is 5.32 Å². The summed E-state index contributed by atoms with van der Waals surface area (Å²) < 4.78 is 1.72. The zero-order chi connectivity index (χ0) is 17.5. The van der Waals surface area contributed by atoms with E-state index in [4.69, 9.17) is 0 Å². The first-order valence-corrected chi connectivity index (χ1v) is 8.41. The summed E-state index contributed by atoms with van der Waals surface area (Å²) in [7, 11) is 0. The predicted octanol–water partition coefficient (Wildman–Crippen LogP) is 2.00. The van der Waals surface area contributed by atoms with E-state index in [1.54, 1.807) is 10.9 Å². The van der Waals surface area contributed by atoms with Crippen molar-refractivity contribution in [3.05, 3.63) is 47.5 Å². The summed E-state index contributed by atoms with van der Waals surface area (Å²) in [5, 5.41) is 16.9. The molecule has 0 aliphatic rings. The Hall–Kier alpha value is -2.21. The largest absolute Gasteiger partial charge is 0.396 e. The van der Waals surface area contributed by atoms with Gasteiger partial charge in [0.05, 0.1) is 5.69 Å². The van der Waals surface area contributed by atoms with Gasteiger partial charge in [-0.05, 0) is 37.5 Å². The van der Waals surface area contributed by atoms with E-state index in [0.29, 0.717) is 25.2 Å². The summed E-state index contributed by atoms with van der Waals surface area (Å²) in [5.74, 6) is 0.0563. The third-order valence-electron chi connectivity index (χ3n) is 3.96. The van der Waals surface area contributed by atoms with Gasteiger partial charge in [-0.2, -0.15) is 5.10 Å². The van der Waals surface area contributed by atoms with Crippen LogP contribution in [0.1, 0.15) is 48.6 Å². The molecule has 0 aliphatic carbocycles. The van der Waals surface area contributed by atoms with Crippen molar-refractivity contribution >= 4 is 5.91 Å². The molecule has 2 heterocycles. The number of aliphatic hydroxyl groups excluding tert-OH is 1. The molecular weight excluding hydrogens is 304 g/mol. The number of hydrogen-bond donors (Lipinski definition) is 2. The third kappa shape index (κ3) is 4.64. The Kier molecular flexibility index (Phi) is 6.49. The van der Waals surface area contributed by atoms with Gasteiger partial charge in [-0.15, -0.1) is 0 Å². The molecule has 130 valence electrons. The number of nitrogens with zero attached hydrogens (tertiary/aromatic N) is 3. The molecule has 2 aromatic heterocycles. The molecule has 1 atom stereocenters. The lowest BCUT2D eigenvalue weighted by Crippen LogP contribution is -2.33. The minimum atomic E-state index is -0.157. The van der Waals surface area contributed by atoms with E-state index >= 15 is 0 Å². The van der Waals surface area contributed by atoms with Crippen LogP contribution in [0.5, 0.6) is 0 Å². The Labute approximate surface area is 142 Å². The molecular formula is C18H26N4O2. The Balaban J connectivity index is 1.98. The van der Waals surface area contributed by atoms with Crippen LogP contribution in [0.4, 0.5) is 0 Å². The number of carbonyl (C=O) groups is 1. The molecule has 1 amide bonds. The van der Waals surface area contributed by atoms with Gasteiger partial charge < -0.3 is 10.4 Å². The van der Waals surface area contributed by atoms with E-state index < -0.39 is 0 Å². The summed E-state index contributed by atoms with van der Waals surface area (Å²) in [6.07, 6.45) is 2.36. The molecule has 0 saturated carbocycles. The fourth-order valence-corrected chi connectivity index (χ4v) is 2.49. The molecule has 0 aliphatic heterocycles. The molecule has 1 unspecified atom stereocenters. The van der Waals surface area contributed by atoms with Gasteiger partial charge in [-0.25, -0.2) is 0 Å². The van der Waals surface area contributed by atoms with Crippen molar-refractivity contribution in [1.82, 2.24) is 20.1 Å². The molecule has 24 heavy (non-hydrogen) atoms. The van der Waals surface area contributed by atoms with Crippen LogP contribution in [0.15, 0.2) is 30.5 Å². The van der Waals surface area contributed by atoms with Crippen molar-refractivity contribution in [2.24, 2.45) is 5.92 Å². The van der Waals surface area contributed by atoms with Crippen molar-refractivity contribution in [2.75, 3.05) is 13.2 Å². The topological polar surface area (TPSA) is 80.0 Å². The number of nitrogens with one attached hydrogen (secondary N) is 1. The standard InChI is InChI=1S/C18H26N4O2/c1-4-22-17(10-16(21-22)13(2)3)18(24)20-11-14(12-23)9-15-7-5-6-8-19-15/h5-8,10,13-14,23H,4,9,11-12H2,1-3H3,(H,20,24). The third-order valence-corrected chi connectivity index (χ3v) is 3.96. The zero-order valence-corrected chi connectivity index (χ0v) is 14.6. The average Bonchev–Trinajstić information content (AvgIpc) is 3.04. The van der Waals surface area contributed by atoms with Crippen LogP contribution >= 0.6 is 0 Å². The van der Waals surface area contributed by atoms with Gasteiger partial charge in [0.25, 0.3) is 5.91 Å². The number of hydrogen-bond acceptors (Lipinski definition) is 4. The molecule has 2 rings (SSSR count). The first-order chi connectivity index (χ1) is 11.5. The minimum Gasteiger partial charge on any atom is -0.396 e. The molecule has 6 heteroatoms. The molecule has 6 nitrogen and oxygen atoms in total. The zero-order valence-electron chi connectivity index (χ0n) is 14.6. The average molecular weight is 330 g/mol. The van der Waals surface area contributed by atoms with Gasteiger partial charge in [0.15, 0.2) is 0 Å². The van der Waals surface area contributed by atoms with Crippen molar-refractivity contribution in [2.45, 2.75) is 39.7 Å². The number of carbonyl (C=O) groups excluding carboxylic acids is 1. The summed E-state index contributed by atoms with van der Waals surface area (Å²) in [5.41, 5.74) is 2.39. The lowest BCUT2D eigenvalue weighted by atomic mass is 10.0. The maximum atomic E-state index is 12.5. The van der Waals surface area contributed by atoms with Gasteiger partial charge >= 0.3 is 0 Å². The van der Waals surface area contributed by atoms with Crippen LogP contribution in [-0.4, -0.2) is 38.9 Å². The SMILES string of the molecule is CCn1nc(C(C)C)cc1C(=O)NCC(CO)Cc1ccccn1. The fraction of sp³-hybridized carbons (Fsp3) is 0.500. The summed E-state index contributed by atoms with van der Waals surface area (Å²) in [6.45, 7) is 7.12. The number of rotatable bonds is 8. The molecule has 0 aromatic carbocycles. The van der Waals surface area contributed by atoms with Gasteiger partial charge in [0.2, 0.25) is 0 Å². The van der Waals surface area contributed by atoms with Gasteiger partial charge in [-0.1, -0.05) is 19.9 Å². The first-order valence-electron chi connectivity index (χ1n) is 8.41. The monoisotopic (exact) mass is 330 g/mol. The number of aryl methyl sites for hydroxylation is 1. The maximum Gasteiger partial charge on any atom is 0.269 e. The van der Waals surface area contributed by atoms with E-state index in [-0.39, 0.29) is 24.3 Å². The first kappa shape index (κ1) is 18.1. The number of amides is 1. The van der Waals surface area contributed by atoms with Crippen LogP contribution in [0.2, 0.25) is 0 Å². The number of pyridine rings is 1. The van der Waals surface area contributed by atoms with Gasteiger partial charge in [0.1, 0.15) is 5.69 Å². The van der Waals surface area contributed by atoms with Crippen LogP contribution in [0.25, 0.3) is 0 Å². The highest BCUT2D eigenvalue weighted by Gasteiger charge is 2.17. The van der Waals surface area contributed by atoms with Crippen molar-refractivity contribution < 1.29 is 9.90 Å².